The fourth-order valence-corrected chi connectivity index (χ4v) is 3.78. The number of rotatable bonds is 4. The zero-order valence-electron chi connectivity index (χ0n) is 13.2. The molecule has 0 aromatic carbocycles. The summed E-state index contributed by atoms with van der Waals surface area (Å²) < 4.78 is 0. The predicted molar refractivity (Wildman–Crippen MR) is 82.5 cm³/mol. The average molecular weight is 281 g/mol. The molecule has 2 fully saturated rings. The number of nitrogens with two attached hydrogens (primary N) is 1. The maximum absolute atomic E-state index is 12.7. The van der Waals surface area contributed by atoms with Crippen LogP contribution in [0.25, 0.3) is 0 Å². The molecule has 0 aromatic heterocycles. The number of likely N-dealkylation sites (tertiary alicyclic amines) is 1. The van der Waals surface area contributed by atoms with Gasteiger partial charge in [0.25, 0.3) is 0 Å². The van der Waals surface area contributed by atoms with Crippen LogP contribution in [0.5, 0.6) is 0 Å². The minimum Gasteiger partial charge on any atom is -0.336 e. The van der Waals surface area contributed by atoms with Gasteiger partial charge in [-0.05, 0) is 46.1 Å². The Kier molecular flexibility index (Phi) is 5.85. The SMILES string of the molecule is CC(C)N(C(=O)CN1CCCC(N)C1)C1CCCCC1. The van der Waals surface area contributed by atoms with E-state index in [0.717, 1.165) is 25.9 Å². The largest absolute Gasteiger partial charge is 0.336 e. The lowest BCUT2D eigenvalue weighted by Crippen LogP contribution is -2.52. The molecule has 1 aliphatic carbocycles. The summed E-state index contributed by atoms with van der Waals surface area (Å²) in [5, 5.41) is 0. The van der Waals surface area contributed by atoms with Crippen LogP contribution in [-0.4, -0.2) is 53.5 Å². The number of piperidine rings is 1. The summed E-state index contributed by atoms with van der Waals surface area (Å²) in [4.78, 5) is 17.1. The number of amides is 1. The smallest absolute Gasteiger partial charge is 0.237 e. The van der Waals surface area contributed by atoms with Crippen molar-refractivity contribution in [2.45, 2.75) is 76.9 Å². The first-order valence-corrected chi connectivity index (χ1v) is 8.37. The summed E-state index contributed by atoms with van der Waals surface area (Å²) >= 11 is 0. The Morgan fingerprint density at radius 1 is 1.20 bits per heavy atom. The molecule has 4 nitrogen and oxygen atoms in total. The van der Waals surface area contributed by atoms with Crippen LogP contribution in [0.4, 0.5) is 0 Å². The van der Waals surface area contributed by atoms with Gasteiger partial charge in [0.1, 0.15) is 0 Å². The van der Waals surface area contributed by atoms with Gasteiger partial charge in [0.15, 0.2) is 0 Å². The lowest BCUT2D eigenvalue weighted by molar-refractivity contribution is -0.137. The fourth-order valence-electron chi connectivity index (χ4n) is 3.78. The average Bonchev–Trinajstić information content (AvgIpc) is 2.39. The molecular formula is C16H31N3O. The summed E-state index contributed by atoms with van der Waals surface area (Å²) in [5.41, 5.74) is 6.01. The molecule has 0 spiro atoms. The maximum atomic E-state index is 12.7. The van der Waals surface area contributed by atoms with Crippen LogP contribution in [0.15, 0.2) is 0 Å². The van der Waals surface area contributed by atoms with Crippen molar-refractivity contribution >= 4 is 5.91 Å². The fraction of sp³-hybridized carbons (Fsp3) is 0.938. The number of nitrogens with zero attached hydrogens (tertiary/aromatic N) is 2. The van der Waals surface area contributed by atoms with Gasteiger partial charge in [-0.15, -0.1) is 0 Å². The van der Waals surface area contributed by atoms with Gasteiger partial charge in [-0.1, -0.05) is 19.3 Å². The Labute approximate surface area is 123 Å². The van der Waals surface area contributed by atoms with Crippen molar-refractivity contribution in [2.75, 3.05) is 19.6 Å². The van der Waals surface area contributed by atoms with Gasteiger partial charge in [-0.2, -0.15) is 0 Å². The summed E-state index contributed by atoms with van der Waals surface area (Å²) in [7, 11) is 0. The van der Waals surface area contributed by atoms with Crippen molar-refractivity contribution in [1.29, 1.82) is 0 Å². The van der Waals surface area contributed by atoms with Gasteiger partial charge in [0, 0.05) is 24.7 Å². The maximum Gasteiger partial charge on any atom is 0.237 e. The third kappa shape index (κ3) is 4.19. The molecule has 1 saturated carbocycles. The van der Waals surface area contributed by atoms with E-state index in [1.54, 1.807) is 0 Å². The number of hydrogen-bond acceptors (Lipinski definition) is 3. The van der Waals surface area contributed by atoms with Gasteiger partial charge in [0.05, 0.1) is 6.54 Å². The third-order valence-corrected chi connectivity index (χ3v) is 4.71. The minimum absolute atomic E-state index is 0.249. The van der Waals surface area contributed by atoms with E-state index in [1.165, 1.54) is 32.1 Å². The van der Waals surface area contributed by atoms with Crippen LogP contribution in [0, 0.1) is 0 Å². The third-order valence-electron chi connectivity index (χ3n) is 4.71. The molecule has 1 heterocycles. The molecule has 0 aromatic rings. The second-order valence-corrected chi connectivity index (χ2v) is 6.82. The Balaban J connectivity index is 1.92. The van der Waals surface area contributed by atoms with Crippen molar-refractivity contribution in [3.63, 3.8) is 0 Å². The quantitative estimate of drug-likeness (QED) is 0.857. The van der Waals surface area contributed by atoms with Crippen molar-refractivity contribution in [3.8, 4) is 0 Å². The topological polar surface area (TPSA) is 49.6 Å². The minimum atomic E-state index is 0.249. The summed E-state index contributed by atoms with van der Waals surface area (Å²) in [6, 6.07) is 1.03. The molecule has 0 radical (unpaired) electrons. The highest BCUT2D eigenvalue weighted by Gasteiger charge is 2.29. The van der Waals surface area contributed by atoms with Crippen molar-refractivity contribution in [2.24, 2.45) is 5.73 Å². The standard InChI is InChI=1S/C16H31N3O/c1-13(2)19(15-8-4-3-5-9-15)16(20)12-18-10-6-7-14(17)11-18/h13-15H,3-12,17H2,1-2H3. The van der Waals surface area contributed by atoms with E-state index < -0.39 is 0 Å². The molecule has 1 atom stereocenters. The first-order valence-electron chi connectivity index (χ1n) is 8.37. The molecule has 2 aliphatic rings. The summed E-state index contributed by atoms with van der Waals surface area (Å²) in [6.45, 7) is 6.75. The van der Waals surface area contributed by atoms with Crippen molar-refractivity contribution in [1.82, 2.24) is 9.80 Å². The van der Waals surface area contributed by atoms with Crippen LogP contribution in [0.2, 0.25) is 0 Å². The van der Waals surface area contributed by atoms with Crippen molar-refractivity contribution < 1.29 is 4.79 Å². The summed E-state index contributed by atoms with van der Waals surface area (Å²) in [5.74, 6) is 0.306. The van der Waals surface area contributed by atoms with E-state index in [0.29, 0.717) is 24.5 Å². The zero-order chi connectivity index (χ0) is 14.5. The van der Waals surface area contributed by atoms with E-state index in [9.17, 15) is 4.79 Å². The first-order chi connectivity index (χ1) is 9.58. The molecular weight excluding hydrogens is 250 g/mol. The van der Waals surface area contributed by atoms with E-state index in [-0.39, 0.29) is 6.04 Å². The van der Waals surface area contributed by atoms with Crippen LogP contribution in [0.1, 0.15) is 58.8 Å². The van der Waals surface area contributed by atoms with Gasteiger partial charge in [0.2, 0.25) is 5.91 Å². The highest BCUT2D eigenvalue weighted by molar-refractivity contribution is 5.79. The molecule has 1 saturated heterocycles. The van der Waals surface area contributed by atoms with Gasteiger partial charge in [-0.25, -0.2) is 0 Å². The molecule has 2 rings (SSSR count). The predicted octanol–water partition coefficient (Wildman–Crippen LogP) is 1.98. The van der Waals surface area contributed by atoms with Gasteiger partial charge in [-0.3, -0.25) is 9.69 Å². The molecule has 0 bridgehead atoms. The molecule has 1 amide bonds. The van der Waals surface area contributed by atoms with Crippen molar-refractivity contribution in [3.05, 3.63) is 0 Å². The highest BCUT2D eigenvalue weighted by atomic mass is 16.2. The van der Waals surface area contributed by atoms with E-state index in [4.69, 9.17) is 5.73 Å². The van der Waals surface area contributed by atoms with E-state index >= 15 is 0 Å². The number of carbonyl (C=O) groups is 1. The summed E-state index contributed by atoms with van der Waals surface area (Å²) in [6.07, 6.45) is 8.47. The van der Waals surface area contributed by atoms with Crippen LogP contribution in [-0.2, 0) is 4.79 Å². The van der Waals surface area contributed by atoms with Gasteiger partial charge >= 0.3 is 0 Å². The Hall–Kier alpha value is -0.610. The molecule has 116 valence electrons. The highest BCUT2D eigenvalue weighted by Crippen LogP contribution is 2.24. The normalized spacial score (nSPS) is 25.9. The number of carbonyl (C=O) groups excluding carboxylic acids is 1. The zero-order valence-corrected chi connectivity index (χ0v) is 13.2. The van der Waals surface area contributed by atoms with Crippen LogP contribution < -0.4 is 5.73 Å². The second-order valence-electron chi connectivity index (χ2n) is 6.82. The monoisotopic (exact) mass is 281 g/mol. The molecule has 1 aliphatic heterocycles. The molecule has 2 N–H and O–H groups in total. The molecule has 20 heavy (non-hydrogen) atoms. The van der Waals surface area contributed by atoms with E-state index in [2.05, 4.69) is 23.6 Å². The number of hydrogen-bond donors (Lipinski definition) is 1. The first kappa shape index (κ1) is 15.8. The lowest BCUT2D eigenvalue weighted by atomic mass is 9.93. The van der Waals surface area contributed by atoms with E-state index in [1.807, 2.05) is 0 Å². The van der Waals surface area contributed by atoms with Gasteiger partial charge < -0.3 is 10.6 Å². The molecule has 4 heteroatoms. The Bertz CT molecular complexity index is 313. The molecule has 1 unspecified atom stereocenters. The Morgan fingerprint density at radius 3 is 2.50 bits per heavy atom. The van der Waals surface area contributed by atoms with Crippen LogP contribution >= 0.6 is 0 Å². The Morgan fingerprint density at radius 2 is 1.90 bits per heavy atom. The van der Waals surface area contributed by atoms with Crippen LogP contribution in [0.3, 0.4) is 0 Å². The lowest BCUT2D eigenvalue weighted by Gasteiger charge is -2.39. The second kappa shape index (κ2) is 7.41.